The van der Waals surface area contributed by atoms with E-state index in [0.29, 0.717) is 11.4 Å². The van der Waals surface area contributed by atoms with Crippen LogP contribution >= 0.6 is 0 Å². The summed E-state index contributed by atoms with van der Waals surface area (Å²) in [6.45, 7) is 0. The van der Waals surface area contributed by atoms with Crippen LogP contribution in [0.5, 0.6) is 0 Å². The SMILES string of the molecule is O=c1[nH]c(-c2cncc(-c3ccccc3)n2)no1. The average Bonchev–Trinajstić information content (AvgIpc) is 2.87. The minimum absolute atomic E-state index is 0.269. The van der Waals surface area contributed by atoms with Gasteiger partial charge in [0, 0.05) is 5.56 Å². The summed E-state index contributed by atoms with van der Waals surface area (Å²) in [4.78, 5) is 21.8. The number of hydrogen-bond acceptors (Lipinski definition) is 5. The van der Waals surface area contributed by atoms with Gasteiger partial charge in [-0.2, -0.15) is 0 Å². The summed E-state index contributed by atoms with van der Waals surface area (Å²) >= 11 is 0. The molecule has 0 aliphatic carbocycles. The molecule has 2 heterocycles. The highest BCUT2D eigenvalue weighted by Gasteiger charge is 2.08. The third-order valence-electron chi connectivity index (χ3n) is 2.39. The van der Waals surface area contributed by atoms with Gasteiger partial charge in [0.05, 0.1) is 18.1 Å². The summed E-state index contributed by atoms with van der Waals surface area (Å²) in [6, 6.07) is 9.62. The summed E-state index contributed by atoms with van der Waals surface area (Å²) in [5, 5.41) is 3.58. The topological polar surface area (TPSA) is 84.7 Å². The molecular weight excluding hydrogens is 232 g/mol. The molecule has 6 nitrogen and oxygen atoms in total. The van der Waals surface area contributed by atoms with Gasteiger partial charge in [0.15, 0.2) is 0 Å². The zero-order valence-electron chi connectivity index (χ0n) is 9.20. The molecule has 2 aromatic heterocycles. The average molecular weight is 240 g/mol. The number of benzene rings is 1. The Hall–Kier alpha value is -2.76. The summed E-state index contributed by atoms with van der Waals surface area (Å²) in [6.07, 6.45) is 3.16. The van der Waals surface area contributed by atoms with Crippen LogP contribution in [0.2, 0.25) is 0 Å². The second-order valence-corrected chi connectivity index (χ2v) is 3.60. The maximum Gasteiger partial charge on any atom is 0.439 e. The minimum Gasteiger partial charge on any atom is -0.296 e. The lowest BCUT2D eigenvalue weighted by atomic mass is 10.1. The molecule has 1 aromatic carbocycles. The molecule has 0 unspecified atom stereocenters. The van der Waals surface area contributed by atoms with Gasteiger partial charge in [-0.25, -0.2) is 9.78 Å². The van der Waals surface area contributed by atoms with Gasteiger partial charge in [-0.05, 0) is 0 Å². The summed E-state index contributed by atoms with van der Waals surface area (Å²) in [5.41, 5.74) is 2.11. The molecular formula is C12H8N4O2. The number of nitrogens with zero attached hydrogens (tertiary/aromatic N) is 3. The van der Waals surface area contributed by atoms with E-state index in [2.05, 4.69) is 24.6 Å². The Bertz CT molecular complexity index is 718. The van der Waals surface area contributed by atoms with E-state index in [9.17, 15) is 4.79 Å². The highest BCUT2D eigenvalue weighted by Crippen LogP contribution is 2.18. The summed E-state index contributed by atoms with van der Waals surface area (Å²) in [7, 11) is 0. The van der Waals surface area contributed by atoms with E-state index < -0.39 is 5.76 Å². The Morgan fingerprint density at radius 1 is 1.06 bits per heavy atom. The molecule has 0 aliphatic rings. The van der Waals surface area contributed by atoms with Gasteiger partial charge in [-0.15, -0.1) is 0 Å². The van der Waals surface area contributed by atoms with Crippen LogP contribution in [0.25, 0.3) is 22.8 Å². The molecule has 18 heavy (non-hydrogen) atoms. The van der Waals surface area contributed by atoms with Crippen molar-refractivity contribution >= 4 is 0 Å². The molecule has 0 saturated carbocycles. The molecule has 0 aliphatic heterocycles. The van der Waals surface area contributed by atoms with Crippen molar-refractivity contribution in [3.05, 3.63) is 53.3 Å². The molecule has 1 N–H and O–H groups in total. The molecule has 0 atom stereocenters. The second kappa shape index (κ2) is 4.25. The number of nitrogens with one attached hydrogen (secondary N) is 1. The normalized spacial score (nSPS) is 10.4. The lowest BCUT2D eigenvalue weighted by molar-refractivity contribution is 0.387. The summed E-state index contributed by atoms with van der Waals surface area (Å²) in [5.74, 6) is -0.345. The van der Waals surface area contributed by atoms with Crippen LogP contribution in [-0.2, 0) is 0 Å². The Morgan fingerprint density at radius 3 is 2.56 bits per heavy atom. The highest BCUT2D eigenvalue weighted by molar-refractivity contribution is 5.60. The predicted molar refractivity (Wildman–Crippen MR) is 63.6 cm³/mol. The van der Waals surface area contributed by atoms with Crippen LogP contribution in [0.15, 0.2) is 52.0 Å². The van der Waals surface area contributed by atoms with Crippen LogP contribution in [0.1, 0.15) is 0 Å². The van der Waals surface area contributed by atoms with Gasteiger partial charge >= 0.3 is 5.76 Å². The van der Waals surface area contributed by atoms with Gasteiger partial charge in [0.25, 0.3) is 0 Å². The molecule has 6 heteroatoms. The molecule has 3 aromatic rings. The van der Waals surface area contributed by atoms with E-state index in [1.807, 2.05) is 30.3 Å². The Labute approximate surface area is 101 Å². The fourth-order valence-electron chi connectivity index (χ4n) is 1.57. The first-order chi connectivity index (χ1) is 8.83. The van der Waals surface area contributed by atoms with Crippen molar-refractivity contribution in [2.75, 3.05) is 0 Å². The molecule has 0 spiro atoms. The fraction of sp³-hybridized carbons (Fsp3) is 0. The van der Waals surface area contributed by atoms with Gasteiger partial charge in [-0.3, -0.25) is 14.5 Å². The van der Waals surface area contributed by atoms with Gasteiger partial charge in [-0.1, -0.05) is 35.5 Å². The largest absolute Gasteiger partial charge is 0.439 e. The molecule has 0 radical (unpaired) electrons. The predicted octanol–water partition coefficient (Wildman–Crippen LogP) is 1.49. The minimum atomic E-state index is -0.614. The van der Waals surface area contributed by atoms with Crippen LogP contribution in [0, 0.1) is 0 Å². The van der Waals surface area contributed by atoms with Crippen molar-refractivity contribution < 1.29 is 4.52 Å². The van der Waals surface area contributed by atoms with Crippen molar-refractivity contribution in [3.63, 3.8) is 0 Å². The number of aromatic amines is 1. The zero-order chi connectivity index (χ0) is 12.4. The zero-order valence-corrected chi connectivity index (χ0v) is 9.20. The van der Waals surface area contributed by atoms with E-state index in [0.717, 1.165) is 5.56 Å². The van der Waals surface area contributed by atoms with Crippen LogP contribution < -0.4 is 5.76 Å². The lowest BCUT2D eigenvalue weighted by Gasteiger charge is -2.00. The monoisotopic (exact) mass is 240 g/mol. The molecule has 0 fully saturated rings. The quantitative estimate of drug-likeness (QED) is 0.733. The smallest absolute Gasteiger partial charge is 0.296 e. The first-order valence-corrected chi connectivity index (χ1v) is 5.27. The number of rotatable bonds is 2. The maximum absolute atomic E-state index is 10.9. The Morgan fingerprint density at radius 2 is 1.83 bits per heavy atom. The third-order valence-corrected chi connectivity index (χ3v) is 2.39. The molecule has 3 rings (SSSR count). The van der Waals surface area contributed by atoms with Crippen LogP contribution in [0.4, 0.5) is 0 Å². The summed E-state index contributed by atoms with van der Waals surface area (Å²) < 4.78 is 4.44. The van der Waals surface area contributed by atoms with Crippen molar-refractivity contribution in [3.8, 4) is 22.8 Å². The molecule has 0 saturated heterocycles. The van der Waals surface area contributed by atoms with Gasteiger partial charge in [0.1, 0.15) is 5.69 Å². The fourth-order valence-corrected chi connectivity index (χ4v) is 1.57. The third kappa shape index (κ3) is 1.91. The number of aromatic nitrogens is 4. The molecule has 88 valence electrons. The van der Waals surface area contributed by atoms with Crippen LogP contribution in [0.3, 0.4) is 0 Å². The van der Waals surface area contributed by atoms with E-state index in [1.165, 1.54) is 6.20 Å². The van der Waals surface area contributed by atoms with Gasteiger partial charge < -0.3 is 0 Å². The van der Waals surface area contributed by atoms with Crippen molar-refractivity contribution in [2.24, 2.45) is 0 Å². The van der Waals surface area contributed by atoms with E-state index >= 15 is 0 Å². The van der Waals surface area contributed by atoms with Crippen molar-refractivity contribution in [1.82, 2.24) is 20.1 Å². The van der Waals surface area contributed by atoms with E-state index in [4.69, 9.17) is 0 Å². The Kier molecular flexibility index (Phi) is 2.45. The number of hydrogen-bond donors (Lipinski definition) is 1. The Balaban J connectivity index is 2.07. The van der Waals surface area contributed by atoms with E-state index in [-0.39, 0.29) is 5.82 Å². The number of H-pyrrole nitrogens is 1. The van der Waals surface area contributed by atoms with Crippen molar-refractivity contribution in [2.45, 2.75) is 0 Å². The first kappa shape index (κ1) is 10.4. The van der Waals surface area contributed by atoms with E-state index in [1.54, 1.807) is 6.20 Å². The molecule has 0 amide bonds. The van der Waals surface area contributed by atoms with Crippen molar-refractivity contribution in [1.29, 1.82) is 0 Å². The second-order valence-electron chi connectivity index (χ2n) is 3.60. The highest BCUT2D eigenvalue weighted by atomic mass is 16.5. The lowest BCUT2D eigenvalue weighted by Crippen LogP contribution is -1.96. The standard InChI is InChI=1S/C12H8N4O2/c17-12-15-11(16-18-12)10-7-13-6-9(14-10)8-4-2-1-3-5-8/h1-7H,(H,15,16,17). The van der Waals surface area contributed by atoms with Gasteiger partial charge in [0.2, 0.25) is 5.82 Å². The van der Waals surface area contributed by atoms with Crippen LogP contribution in [-0.4, -0.2) is 20.1 Å². The maximum atomic E-state index is 10.9. The molecule has 0 bridgehead atoms. The first-order valence-electron chi connectivity index (χ1n) is 5.27.